The van der Waals surface area contributed by atoms with Gasteiger partial charge in [0.05, 0.1) is 0 Å². The summed E-state index contributed by atoms with van der Waals surface area (Å²) in [5, 5.41) is 0. The smallest absolute Gasteiger partial charge is 0.0404 e. The minimum absolute atomic E-state index is 0.157. The van der Waals surface area contributed by atoms with Crippen molar-refractivity contribution < 1.29 is 0 Å². The van der Waals surface area contributed by atoms with Crippen LogP contribution in [0, 0.1) is 0 Å². The highest BCUT2D eigenvalue weighted by atomic mass is 15.2. The van der Waals surface area contributed by atoms with E-state index in [9.17, 15) is 0 Å². The first-order valence-corrected chi connectivity index (χ1v) is 9.10. The molecule has 2 nitrogen and oxygen atoms in total. The molecule has 1 aromatic carbocycles. The summed E-state index contributed by atoms with van der Waals surface area (Å²) in [5.41, 5.74) is 4.74. The topological polar surface area (TPSA) is 6.48 Å². The third-order valence-corrected chi connectivity index (χ3v) is 5.79. The molecule has 0 aromatic heterocycles. The fraction of sp³-hybridized carbons (Fsp3) is 0.700. The van der Waals surface area contributed by atoms with Crippen molar-refractivity contribution >= 4 is 0 Å². The molecule has 1 saturated heterocycles. The van der Waals surface area contributed by atoms with E-state index in [2.05, 4.69) is 55.7 Å². The molecule has 1 aromatic rings. The monoisotopic (exact) mass is 300 g/mol. The SMILES string of the molecule is CC(C)N1Cc2ccc(C(C)(C)N3CCCCCC3)cc2C1. The van der Waals surface area contributed by atoms with E-state index in [-0.39, 0.29) is 5.54 Å². The first-order valence-electron chi connectivity index (χ1n) is 9.10. The van der Waals surface area contributed by atoms with Crippen molar-refractivity contribution in [3.63, 3.8) is 0 Å². The molecular formula is C20H32N2. The first kappa shape index (κ1) is 16.0. The molecule has 1 fully saturated rings. The Bertz CT molecular complexity index is 510. The second-order valence-electron chi connectivity index (χ2n) is 7.94. The highest BCUT2D eigenvalue weighted by Gasteiger charge is 2.30. The van der Waals surface area contributed by atoms with Crippen molar-refractivity contribution in [2.45, 2.75) is 78.0 Å². The standard InChI is InChI=1S/C20H32N2/c1-16(2)21-14-17-9-10-19(13-18(17)15-21)20(3,4)22-11-7-5-6-8-12-22/h9-10,13,16H,5-8,11-12,14-15H2,1-4H3. The lowest BCUT2D eigenvalue weighted by atomic mass is 9.89. The number of likely N-dealkylation sites (tertiary alicyclic amines) is 1. The predicted molar refractivity (Wildman–Crippen MR) is 93.9 cm³/mol. The van der Waals surface area contributed by atoms with E-state index in [0.29, 0.717) is 6.04 Å². The molecule has 0 amide bonds. The van der Waals surface area contributed by atoms with Crippen LogP contribution in [0.25, 0.3) is 0 Å². The highest BCUT2D eigenvalue weighted by Crippen LogP contribution is 2.34. The summed E-state index contributed by atoms with van der Waals surface area (Å²) in [4.78, 5) is 5.27. The molecule has 0 bridgehead atoms. The van der Waals surface area contributed by atoms with Gasteiger partial charge in [-0.05, 0) is 70.3 Å². The predicted octanol–water partition coefficient (Wildman–Crippen LogP) is 4.52. The molecule has 0 aliphatic carbocycles. The zero-order chi connectivity index (χ0) is 15.7. The van der Waals surface area contributed by atoms with Gasteiger partial charge in [0, 0.05) is 24.7 Å². The van der Waals surface area contributed by atoms with Crippen LogP contribution in [0.4, 0.5) is 0 Å². The molecule has 2 heterocycles. The summed E-state index contributed by atoms with van der Waals surface area (Å²) in [5.74, 6) is 0. The Kier molecular flexibility index (Phi) is 4.61. The quantitative estimate of drug-likeness (QED) is 0.809. The van der Waals surface area contributed by atoms with E-state index >= 15 is 0 Å². The molecule has 0 radical (unpaired) electrons. The van der Waals surface area contributed by atoms with Crippen LogP contribution < -0.4 is 0 Å². The Balaban J connectivity index is 1.82. The molecule has 3 rings (SSSR count). The van der Waals surface area contributed by atoms with E-state index in [4.69, 9.17) is 0 Å². The average Bonchev–Trinajstić information content (AvgIpc) is 2.72. The summed E-state index contributed by atoms with van der Waals surface area (Å²) in [6.07, 6.45) is 5.52. The Hall–Kier alpha value is -0.860. The van der Waals surface area contributed by atoms with Crippen LogP contribution in [0.15, 0.2) is 18.2 Å². The normalized spacial score (nSPS) is 21.1. The van der Waals surface area contributed by atoms with E-state index in [0.717, 1.165) is 13.1 Å². The minimum atomic E-state index is 0.157. The van der Waals surface area contributed by atoms with Gasteiger partial charge in [-0.1, -0.05) is 31.0 Å². The van der Waals surface area contributed by atoms with Crippen LogP contribution in [0.1, 0.15) is 70.1 Å². The van der Waals surface area contributed by atoms with E-state index < -0.39 is 0 Å². The van der Waals surface area contributed by atoms with Gasteiger partial charge >= 0.3 is 0 Å². The largest absolute Gasteiger partial charge is 0.294 e. The molecular weight excluding hydrogens is 268 g/mol. The minimum Gasteiger partial charge on any atom is -0.294 e. The second-order valence-corrected chi connectivity index (χ2v) is 7.94. The van der Waals surface area contributed by atoms with Crippen molar-refractivity contribution in [1.29, 1.82) is 0 Å². The van der Waals surface area contributed by atoms with Gasteiger partial charge in [0.1, 0.15) is 0 Å². The molecule has 0 unspecified atom stereocenters. The van der Waals surface area contributed by atoms with E-state index in [1.807, 2.05) is 0 Å². The van der Waals surface area contributed by atoms with Crippen molar-refractivity contribution in [1.82, 2.24) is 9.80 Å². The van der Waals surface area contributed by atoms with Gasteiger partial charge in [0.15, 0.2) is 0 Å². The lowest BCUT2D eigenvalue weighted by molar-refractivity contribution is 0.124. The highest BCUT2D eigenvalue weighted by molar-refractivity contribution is 5.37. The van der Waals surface area contributed by atoms with Crippen molar-refractivity contribution in [2.75, 3.05) is 13.1 Å². The fourth-order valence-corrected chi connectivity index (χ4v) is 3.98. The Morgan fingerprint density at radius 3 is 2.18 bits per heavy atom. The third kappa shape index (κ3) is 3.09. The molecule has 22 heavy (non-hydrogen) atoms. The number of benzene rings is 1. The zero-order valence-corrected chi connectivity index (χ0v) is 14.9. The van der Waals surface area contributed by atoms with Crippen LogP contribution in [0.2, 0.25) is 0 Å². The molecule has 0 saturated carbocycles. The van der Waals surface area contributed by atoms with Crippen molar-refractivity contribution in [3.8, 4) is 0 Å². The second kappa shape index (κ2) is 6.33. The van der Waals surface area contributed by atoms with Crippen LogP contribution in [-0.2, 0) is 18.6 Å². The molecule has 0 atom stereocenters. The van der Waals surface area contributed by atoms with Crippen molar-refractivity contribution in [2.24, 2.45) is 0 Å². The number of fused-ring (bicyclic) bond motifs is 1. The Morgan fingerprint density at radius 2 is 1.55 bits per heavy atom. The third-order valence-electron chi connectivity index (χ3n) is 5.79. The summed E-state index contributed by atoms with van der Waals surface area (Å²) >= 11 is 0. The molecule has 2 aliphatic heterocycles. The van der Waals surface area contributed by atoms with Crippen LogP contribution >= 0.6 is 0 Å². The summed E-state index contributed by atoms with van der Waals surface area (Å²) in [6, 6.07) is 7.89. The number of hydrogen-bond donors (Lipinski definition) is 0. The molecule has 2 heteroatoms. The van der Waals surface area contributed by atoms with Gasteiger partial charge in [-0.25, -0.2) is 0 Å². The van der Waals surface area contributed by atoms with E-state index in [1.54, 1.807) is 5.56 Å². The van der Waals surface area contributed by atoms with Gasteiger partial charge in [-0.15, -0.1) is 0 Å². The van der Waals surface area contributed by atoms with Crippen molar-refractivity contribution in [3.05, 3.63) is 34.9 Å². The van der Waals surface area contributed by atoms with Gasteiger partial charge in [-0.2, -0.15) is 0 Å². The zero-order valence-electron chi connectivity index (χ0n) is 14.9. The Labute approximate surface area is 136 Å². The number of rotatable bonds is 3. The average molecular weight is 300 g/mol. The lowest BCUT2D eigenvalue weighted by Crippen LogP contribution is -2.42. The van der Waals surface area contributed by atoms with Gasteiger partial charge < -0.3 is 0 Å². The van der Waals surface area contributed by atoms with Crippen LogP contribution in [-0.4, -0.2) is 28.9 Å². The van der Waals surface area contributed by atoms with E-state index in [1.165, 1.54) is 49.9 Å². The maximum absolute atomic E-state index is 2.71. The summed E-state index contributed by atoms with van der Waals surface area (Å²) in [7, 11) is 0. The molecule has 122 valence electrons. The number of hydrogen-bond acceptors (Lipinski definition) is 2. The molecule has 0 spiro atoms. The number of nitrogens with zero attached hydrogens (tertiary/aromatic N) is 2. The molecule has 0 N–H and O–H groups in total. The Morgan fingerprint density at radius 1 is 0.909 bits per heavy atom. The summed E-state index contributed by atoms with van der Waals surface area (Å²) < 4.78 is 0. The first-order chi connectivity index (χ1) is 10.5. The van der Waals surface area contributed by atoms with Gasteiger partial charge in [0.25, 0.3) is 0 Å². The van der Waals surface area contributed by atoms with Crippen LogP contribution in [0.5, 0.6) is 0 Å². The summed E-state index contributed by atoms with van der Waals surface area (Å²) in [6.45, 7) is 14.2. The fourth-order valence-electron chi connectivity index (χ4n) is 3.98. The molecule has 2 aliphatic rings. The van der Waals surface area contributed by atoms with Gasteiger partial charge in [-0.3, -0.25) is 9.80 Å². The van der Waals surface area contributed by atoms with Crippen LogP contribution in [0.3, 0.4) is 0 Å². The maximum Gasteiger partial charge on any atom is 0.0404 e. The maximum atomic E-state index is 2.71. The lowest BCUT2D eigenvalue weighted by Gasteiger charge is -2.38. The van der Waals surface area contributed by atoms with Gasteiger partial charge in [0.2, 0.25) is 0 Å².